The number of hydrogen-bond donors (Lipinski definition) is 2. The Bertz CT molecular complexity index is 436. The molecule has 0 radical (unpaired) electrons. The Morgan fingerprint density at radius 1 is 1.35 bits per heavy atom. The standard InChI is InChI=1S/C15H23ClN2O2/c1-4-7-17-14-6-5-12(16)10-13(14)15(19)18-8-9-20-11(2)3/h5-6,10-11,17H,4,7-9H2,1-3H3,(H,18,19). The van der Waals surface area contributed by atoms with Gasteiger partial charge in [0.1, 0.15) is 0 Å². The first-order valence-corrected chi connectivity index (χ1v) is 7.35. The first-order chi connectivity index (χ1) is 9.54. The van der Waals surface area contributed by atoms with Gasteiger partial charge >= 0.3 is 0 Å². The predicted molar refractivity (Wildman–Crippen MR) is 83.7 cm³/mol. The van der Waals surface area contributed by atoms with E-state index in [2.05, 4.69) is 17.6 Å². The predicted octanol–water partition coefficient (Wildman–Crippen LogP) is 3.32. The zero-order valence-electron chi connectivity index (χ0n) is 12.3. The normalized spacial score (nSPS) is 10.7. The summed E-state index contributed by atoms with van der Waals surface area (Å²) in [6.07, 6.45) is 1.16. The Labute approximate surface area is 125 Å². The fourth-order valence-electron chi connectivity index (χ4n) is 1.67. The van der Waals surface area contributed by atoms with Gasteiger partial charge in [-0.05, 0) is 38.5 Å². The quantitative estimate of drug-likeness (QED) is 0.724. The van der Waals surface area contributed by atoms with Gasteiger partial charge in [0.2, 0.25) is 0 Å². The second kappa shape index (κ2) is 8.82. The molecule has 0 aliphatic carbocycles. The summed E-state index contributed by atoms with van der Waals surface area (Å²) in [4.78, 5) is 12.2. The van der Waals surface area contributed by atoms with Crippen molar-refractivity contribution in [3.05, 3.63) is 28.8 Å². The average molecular weight is 299 g/mol. The Morgan fingerprint density at radius 2 is 2.10 bits per heavy atom. The van der Waals surface area contributed by atoms with Crippen LogP contribution in [0.1, 0.15) is 37.6 Å². The minimum absolute atomic E-state index is 0.140. The number of halogens is 1. The summed E-state index contributed by atoms with van der Waals surface area (Å²) in [6, 6.07) is 5.29. The molecule has 4 nitrogen and oxygen atoms in total. The van der Waals surface area contributed by atoms with Crippen LogP contribution in [0.4, 0.5) is 5.69 Å². The molecular weight excluding hydrogens is 276 g/mol. The molecule has 0 aliphatic heterocycles. The number of rotatable bonds is 8. The number of carbonyl (C=O) groups excluding carboxylic acids is 1. The Hall–Kier alpha value is -1.26. The van der Waals surface area contributed by atoms with E-state index in [1.165, 1.54) is 0 Å². The molecule has 0 atom stereocenters. The van der Waals surface area contributed by atoms with Crippen LogP contribution in [0.5, 0.6) is 0 Å². The summed E-state index contributed by atoms with van der Waals surface area (Å²) >= 11 is 5.97. The first kappa shape index (κ1) is 16.8. The van der Waals surface area contributed by atoms with Gasteiger partial charge in [-0.15, -0.1) is 0 Å². The molecule has 0 saturated heterocycles. The Kier molecular flexibility index (Phi) is 7.41. The van der Waals surface area contributed by atoms with Gasteiger partial charge in [-0.25, -0.2) is 0 Å². The Balaban J connectivity index is 2.63. The molecule has 112 valence electrons. The van der Waals surface area contributed by atoms with E-state index in [-0.39, 0.29) is 12.0 Å². The van der Waals surface area contributed by atoms with Crippen molar-refractivity contribution in [2.75, 3.05) is 25.0 Å². The summed E-state index contributed by atoms with van der Waals surface area (Å²) in [5.74, 6) is -0.140. The summed E-state index contributed by atoms with van der Waals surface area (Å²) in [6.45, 7) is 7.81. The Morgan fingerprint density at radius 3 is 2.75 bits per heavy atom. The summed E-state index contributed by atoms with van der Waals surface area (Å²) in [7, 11) is 0. The van der Waals surface area contributed by atoms with Crippen molar-refractivity contribution < 1.29 is 9.53 Å². The fourth-order valence-corrected chi connectivity index (χ4v) is 1.84. The van der Waals surface area contributed by atoms with Crippen LogP contribution in [-0.2, 0) is 4.74 Å². The second-order valence-corrected chi connectivity index (χ2v) is 5.23. The zero-order valence-corrected chi connectivity index (χ0v) is 13.1. The number of nitrogens with one attached hydrogen (secondary N) is 2. The van der Waals surface area contributed by atoms with Crippen LogP contribution in [0.15, 0.2) is 18.2 Å². The van der Waals surface area contributed by atoms with E-state index < -0.39 is 0 Å². The molecular formula is C15H23ClN2O2. The van der Waals surface area contributed by atoms with E-state index in [0.717, 1.165) is 18.7 Å². The molecule has 1 aromatic carbocycles. The molecule has 20 heavy (non-hydrogen) atoms. The number of ether oxygens (including phenoxy) is 1. The van der Waals surface area contributed by atoms with Crippen LogP contribution < -0.4 is 10.6 Å². The molecule has 1 rings (SSSR count). The van der Waals surface area contributed by atoms with Crippen molar-refractivity contribution >= 4 is 23.2 Å². The topological polar surface area (TPSA) is 50.4 Å². The van der Waals surface area contributed by atoms with Crippen molar-refractivity contribution in [1.82, 2.24) is 5.32 Å². The smallest absolute Gasteiger partial charge is 0.253 e. The lowest BCUT2D eigenvalue weighted by Gasteiger charge is -2.13. The van der Waals surface area contributed by atoms with Gasteiger partial charge in [0.15, 0.2) is 0 Å². The monoisotopic (exact) mass is 298 g/mol. The first-order valence-electron chi connectivity index (χ1n) is 6.97. The maximum atomic E-state index is 12.2. The molecule has 1 amide bonds. The van der Waals surface area contributed by atoms with Crippen LogP contribution in [0, 0.1) is 0 Å². The summed E-state index contributed by atoms with van der Waals surface area (Å²) in [5, 5.41) is 6.62. The van der Waals surface area contributed by atoms with Gasteiger partial charge in [0.05, 0.1) is 18.3 Å². The summed E-state index contributed by atoms with van der Waals surface area (Å²) in [5.41, 5.74) is 1.37. The SMILES string of the molecule is CCCNc1ccc(Cl)cc1C(=O)NCCOC(C)C. The van der Waals surface area contributed by atoms with E-state index in [4.69, 9.17) is 16.3 Å². The van der Waals surface area contributed by atoms with Gasteiger partial charge in [-0.2, -0.15) is 0 Å². The van der Waals surface area contributed by atoms with E-state index in [0.29, 0.717) is 23.7 Å². The number of amides is 1. The second-order valence-electron chi connectivity index (χ2n) is 4.79. The van der Waals surface area contributed by atoms with Crippen molar-refractivity contribution in [1.29, 1.82) is 0 Å². The van der Waals surface area contributed by atoms with Gasteiger partial charge in [0.25, 0.3) is 5.91 Å². The molecule has 1 aromatic rings. The number of hydrogen-bond acceptors (Lipinski definition) is 3. The van der Waals surface area contributed by atoms with E-state index in [1.54, 1.807) is 12.1 Å². The molecule has 2 N–H and O–H groups in total. The minimum atomic E-state index is -0.140. The highest BCUT2D eigenvalue weighted by Crippen LogP contribution is 2.20. The molecule has 0 spiro atoms. The molecule has 5 heteroatoms. The van der Waals surface area contributed by atoms with Crippen LogP contribution in [0.2, 0.25) is 5.02 Å². The van der Waals surface area contributed by atoms with Gasteiger partial charge in [0, 0.05) is 23.8 Å². The molecule has 0 bridgehead atoms. The van der Waals surface area contributed by atoms with Crippen molar-refractivity contribution in [2.45, 2.75) is 33.3 Å². The highest BCUT2D eigenvalue weighted by Gasteiger charge is 2.11. The maximum absolute atomic E-state index is 12.2. The van der Waals surface area contributed by atoms with Gasteiger partial charge in [-0.1, -0.05) is 18.5 Å². The van der Waals surface area contributed by atoms with Crippen LogP contribution in [-0.4, -0.2) is 31.7 Å². The summed E-state index contributed by atoms with van der Waals surface area (Å²) < 4.78 is 5.39. The number of carbonyl (C=O) groups is 1. The fraction of sp³-hybridized carbons (Fsp3) is 0.533. The van der Waals surface area contributed by atoms with E-state index in [9.17, 15) is 4.79 Å². The molecule has 0 fully saturated rings. The third kappa shape index (κ3) is 5.80. The van der Waals surface area contributed by atoms with Crippen LogP contribution >= 0.6 is 11.6 Å². The van der Waals surface area contributed by atoms with Gasteiger partial charge < -0.3 is 15.4 Å². The molecule has 0 heterocycles. The lowest BCUT2D eigenvalue weighted by atomic mass is 10.1. The third-order valence-corrected chi connectivity index (χ3v) is 2.87. The van der Waals surface area contributed by atoms with E-state index in [1.807, 2.05) is 19.9 Å². The van der Waals surface area contributed by atoms with Gasteiger partial charge in [-0.3, -0.25) is 4.79 Å². The molecule has 0 saturated carbocycles. The highest BCUT2D eigenvalue weighted by atomic mass is 35.5. The molecule has 0 aliphatic rings. The number of anilines is 1. The average Bonchev–Trinajstić information content (AvgIpc) is 2.41. The third-order valence-electron chi connectivity index (χ3n) is 2.63. The maximum Gasteiger partial charge on any atom is 0.253 e. The lowest BCUT2D eigenvalue weighted by molar-refractivity contribution is 0.0747. The van der Waals surface area contributed by atoms with Crippen molar-refractivity contribution in [3.8, 4) is 0 Å². The molecule has 0 aromatic heterocycles. The lowest BCUT2D eigenvalue weighted by Crippen LogP contribution is -2.28. The van der Waals surface area contributed by atoms with Crippen molar-refractivity contribution in [2.24, 2.45) is 0 Å². The molecule has 0 unspecified atom stereocenters. The largest absolute Gasteiger partial charge is 0.384 e. The highest BCUT2D eigenvalue weighted by molar-refractivity contribution is 6.31. The van der Waals surface area contributed by atoms with Crippen molar-refractivity contribution in [3.63, 3.8) is 0 Å². The minimum Gasteiger partial charge on any atom is -0.384 e. The number of benzene rings is 1. The zero-order chi connectivity index (χ0) is 15.0. The van der Waals surface area contributed by atoms with Crippen LogP contribution in [0.25, 0.3) is 0 Å². The van der Waals surface area contributed by atoms with Crippen LogP contribution in [0.3, 0.4) is 0 Å². The van der Waals surface area contributed by atoms with E-state index >= 15 is 0 Å².